The van der Waals surface area contributed by atoms with Gasteiger partial charge in [0.1, 0.15) is 12.3 Å². The molecule has 0 atom stereocenters. The number of alkyl halides is 3. The van der Waals surface area contributed by atoms with Crippen LogP contribution in [0.25, 0.3) is 0 Å². The Balaban J connectivity index is 3.08. The number of hydrogen-bond acceptors (Lipinski definition) is 3. The van der Waals surface area contributed by atoms with Crippen molar-refractivity contribution >= 4 is 11.6 Å². The number of halogens is 3. The molecule has 0 spiro atoms. The Kier molecular flexibility index (Phi) is 5.24. The number of nitrogens with two attached hydrogens (primary N) is 1. The molecule has 1 amide bonds. The number of nitrogens with zero attached hydrogens (tertiary/aromatic N) is 1. The van der Waals surface area contributed by atoms with Crippen LogP contribution >= 0.6 is 0 Å². The van der Waals surface area contributed by atoms with Crippen molar-refractivity contribution < 1.29 is 22.7 Å². The summed E-state index contributed by atoms with van der Waals surface area (Å²) in [6.45, 7) is 0.418. The van der Waals surface area contributed by atoms with Crippen LogP contribution in [0, 0.1) is 0 Å². The van der Waals surface area contributed by atoms with Crippen LogP contribution < -0.4 is 10.5 Å². The molecule has 0 aromatic heterocycles. The zero-order valence-electron chi connectivity index (χ0n) is 11.3. The molecule has 0 saturated carbocycles. The molecule has 1 rings (SSSR count). The van der Waals surface area contributed by atoms with E-state index in [9.17, 15) is 18.0 Å². The molecule has 1 aromatic carbocycles. The molecule has 4 nitrogen and oxygen atoms in total. The van der Waals surface area contributed by atoms with E-state index in [1.165, 1.54) is 25.3 Å². The van der Waals surface area contributed by atoms with Crippen LogP contribution in [0.4, 0.5) is 18.9 Å². The van der Waals surface area contributed by atoms with E-state index in [1.807, 2.05) is 0 Å². The molecule has 0 aliphatic carbocycles. The minimum atomic E-state index is -4.45. The lowest BCUT2D eigenvalue weighted by molar-refractivity contribution is -0.140. The number of benzene rings is 1. The molecule has 0 radical (unpaired) electrons. The largest absolute Gasteiger partial charge is 0.496 e. The molecule has 0 aliphatic heterocycles. The summed E-state index contributed by atoms with van der Waals surface area (Å²) in [6, 6.07) is 4.30. The fraction of sp³-hybridized carbons (Fsp3) is 0.462. The maximum Gasteiger partial charge on any atom is 0.406 e. The second-order valence-corrected chi connectivity index (χ2v) is 4.30. The van der Waals surface area contributed by atoms with Crippen molar-refractivity contribution in [2.24, 2.45) is 0 Å². The second kappa shape index (κ2) is 6.49. The van der Waals surface area contributed by atoms with Gasteiger partial charge in [-0.2, -0.15) is 13.2 Å². The average Bonchev–Trinajstić information content (AvgIpc) is 2.36. The molecule has 112 valence electrons. The number of rotatable bonds is 5. The number of nitrogen functional groups attached to an aromatic ring is 1. The summed E-state index contributed by atoms with van der Waals surface area (Å²) >= 11 is 0. The van der Waals surface area contributed by atoms with E-state index in [1.54, 1.807) is 6.92 Å². The highest BCUT2D eigenvalue weighted by Gasteiger charge is 2.33. The lowest BCUT2D eigenvalue weighted by Gasteiger charge is -2.24. The Hall–Kier alpha value is -1.92. The Morgan fingerprint density at radius 2 is 2.05 bits per heavy atom. The van der Waals surface area contributed by atoms with Gasteiger partial charge in [-0.05, 0) is 24.6 Å². The third-order valence-corrected chi connectivity index (χ3v) is 2.60. The molecule has 0 aliphatic rings. The fourth-order valence-corrected chi connectivity index (χ4v) is 1.80. The van der Waals surface area contributed by atoms with Crippen molar-refractivity contribution in [3.05, 3.63) is 23.8 Å². The molecule has 0 fully saturated rings. The van der Waals surface area contributed by atoms with Gasteiger partial charge in [0.25, 0.3) is 5.91 Å². The molecular weight excluding hydrogens is 273 g/mol. The molecule has 0 heterocycles. The van der Waals surface area contributed by atoms with Crippen LogP contribution in [-0.4, -0.2) is 37.2 Å². The Morgan fingerprint density at radius 3 is 2.55 bits per heavy atom. The van der Waals surface area contributed by atoms with E-state index in [0.717, 1.165) is 4.90 Å². The highest BCUT2D eigenvalue weighted by Crippen LogP contribution is 2.25. The van der Waals surface area contributed by atoms with Crippen molar-refractivity contribution in [1.29, 1.82) is 0 Å². The van der Waals surface area contributed by atoms with E-state index >= 15 is 0 Å². The van der Waals surface area contributed by atoms with Gasteiger partial charge in [-0.3, -0.25) is 4.79 Å². The van der Waals surface area contributed by atoms with Gasteiger partial charge in [-0.15, -0.1) is 0 Å². The first kappa shape index (κ1) is 16.1. The quantitative estimate of drug-likeness (QED) is 0.848. The first-order valence-electron chi connectivity index (χ1n) is 6.08. The van der Waals surface area contributed by atoms with Crippen LogP contribution in [0.1, 0.15) is 23.7 Å². The van der Waals surface area contributed by atoms with Gasteiger partial charge in [-0.25, -0.2) is 0 Å². The molecule has 0 unspecified atom stereocenters. The SMILES string of the molecule is CCCN(CC(F)(F)F)C(=O)c1cc(N)ccc1OC. The van der Waals surface area contributed by atoms with Crippen molar-refractivity contribution in [3.8, 4) is 5.75 Å². The van der Waals surface area contributed by atoms with Gasteiger partial charge in [-0.1, -0.05) is 6.92 Å². The van der Waals surface area contributed by atoms with E-state index in [4.69, 9.17) is 10.5 Å². The maximum absolute atomic E-state index is 12.5. The summed E-state index contributed by atoms with van der Waals surface area (Å²) in [7, 11) is 1.34. The Labute approximate surface area is 115 Å². The minimum absolute atomic E-state index is 0.0102. The molecular formula is C13H17F3N2O2. The molecule has 0 bridgehead atoms. The summed E-state index contributed by atoms with van der Waals surface area (Å²) in [4.78, 5) is 13.0. The van der Waals surface area contributed by atoms with E-state index in [0.29, 0.717) is 6.42 Å². The number of carbonyl (C=O) groups is 1. The summed E-state index contributed by atoms with van der Waals surface area (Å²) in [5.41, 5.74) is 5.89. The van der Waals surface area contributed by atoms with Crippen LogP contribution in [0.5, 0.6) is 5.75 Å². The van der Waals surface area contributed by atoms with E-state index in [2.05, 4.69) is 0 Å². The topological polar surface area (TPSA) is 55.6 Å². The Morgan fingerprint density at radius 1 is 1.40 bits per heavy atom. The summed E-state index contributed by atoms with van der Waals surface area (Å²) < 4.78 is 42.5. The summed E-state index contributed by atoms with van der Waals surface area (Å²) in [5.74, 6) is -0.541. The number of hydrogen-bond donors (Lipinski definition) is 1. The minimum Gasteiger partial charge on any atom is -0.496 e. The van der Waals surface area contributed by atoms with Gasteiger partial charge in [0.05, 0.1) is 12.7 Å². The predicted molar refractivity (Wildman–Crippen MR) is 69.7 cm³/mol. The van der Waals surface area contributed by atoms with E-state index < -0.39 is 18.6 Å². The van der Waals surface area contributed by atoms with Gasteiger partial charge in [0.2, 0.25) is 0 Å². The molecule has 1 aromatic rings. The second-order valence-electron chi connectivity index (χ2n) is 4.30. The van der Waals surface area contributed by atoms with Crippen molar-refractivity contribution in [2.75, 3.05) is 25.9 Å². The summed E-state index contributed by atoms with van der Waals surface area (Å²) in [5, 5.41) is 0. The average molecular weight is 290 g/mol. The normalized spacial score (nSPS) is 11.2. The zero-order chi connectivity index (χ0) is 15.3. The number of anilines is 1. The molecule has 20 heavy (non-hydrogen) atoms. The number of methoxy groups -OCH3 is 1. The molecule has 2 N–H and O–H groups in total. The summed E-state index contributed by atoms with van der Waals surface area (Å²) in [6.07, 6.45) is -4.02. The van der Waals surface area contributed by atoms with Gasteiger partial charge in [0, 0.05) is 12.2 Å². The number of ether oxygens (including phenoxy) is 1. The first-order chi connectivity index (χ1) is 9.28. The highest BCUT2D eigenvalue weighted by molar-refractivity contribution is 5.97. The Bertz CT molecular complexity index is 475. The molecule has 0 saturated heterocycles. The highest BCUT2D eigenvalue weighted by atomic mass is 19.4. The predicted octanol–water partition coefficient (Wildman–Crippen LogP) is 2.69. The number of carbonyl (C=O) groups excluding carboxylic acids is 1. The third-order valence-electron chi connectivity index (χ3n) is 2.60. The lowest BCUT2D eigenvalue weighted by Crippen LogP contribution is -2.39. The van der Waals surface area contributed by atoms with Crippen LogP contribution in [-0.2, 0) is 0 Å². The smallest absolute Gasteiger partial charge is 0.406 e. The maximum atomic E-state index is 12.5. The van der Waals surface area contributed by atoms with Crippen molar-refractivity contribution in [3.63, 3.8) is 0 Å². The lowest BCUT2D eigenvalue weighted by atomic mass is 10.1. The van der Waals surface area contributed by atoms with Crippen LogP contribution in [0.15, 0.2) is 18.2 Å². The van der Waals surface area contributed by atoms with E-state index in [-0.39, 0.29) is 23.5 Å². The molecule has 7 heteroatoms. The monoisotopic (exact) mass is 290 g/mol. The first-order valence-corrected chi connectivity index (χ1v) is 6.08. The fourth-order valence-electron chi connectivity index (χ4n) is 1.80. The van der Waals surface area contributed by atoms with Crippen molar-refractivity contribution in [2.45, 2.75) is 19.5 Å². The van der Waals surface area contributed by atoms with Crippen LogP contribution in [0.2, 0.25) is 0 Å². The zero-order valence-corrected chi connectivity index (χ0v) is 11.3. The van der Waals surface area contributed by atoms with Crippen molar-refractivity contribution in [1.82, 2.24) is 4.90 Å². The van der Waals surface area contributed by atoms with Gasteiger partial charge in [0.15, 0.2) is 0 Å². The number of amides is 1. The standard InChI is InChI=1S/C13H17F3N2O2/c1-3-6-18(8-13(14,15)16)12(19)10-7-9(17)4-5-11(10)20-2/h4-5,7H,3,6,8,17H2,1-2H3. The third kappa shape index (κ3) is 4.32. The van der Waals surface area contributed by atoms with Gasteiger partial charge >= 0.3 is 6.18 Å². The van der Waals surface area contributed by atoms with Gasteiger partial charge < -0.3 is 15.4 Å². The van der Waals surface area contributed by atoms with Crippen LogP contribution in [0.3, 0.4) is 0 Å².